The van der Waals surface area contributed by atoms with Crippen LogP contribution in [-0.2, 0) is 0 Å². The monoisotopic (exact) mass is 685 g/mol. The summed E-state index contributed by atoms with van der Waals surface area (Å²) in [5, 5.41) is 6.14. The van der Waals surface area contributed by atoms with E-state index in [4.69, 9.17) is 9.97 Å². The molecule has 0 saturated carbocycles. The SMILES string of the molecule is c1ccc(-c2cc(-c3ccccc3)cc(-c3nc(-n4c5ccccc5c5cc6c(cc54)sc4ccccc46)nc4c3sc3ccccc34)c2)cc1. The standard InChI is InChI=1S/C46H27N3S2/c1-3-13-28(14-4-1)30-23-31(29-15-5-2-6-16-29)25-32(24-30)43-45-44(35-19-9-12-22-41(35)51-45)48-46(47-43)49-38-20-10-7-17-33(38)36-26-37-34-18-8-11-21-40(34)50-42(37)27-39(36)49/h1-27H. The first-order valence-corrected chi connectivity index (χ1v) is 18.7. The Morgan fingerprint density at radius 3 is 1.69 bits per heavy atom. The summed E-state index contributed by atoms with van der Waals surface area (Å²) in [6.07, 6.45) is 0. The van der Waals surface area contributed by atoms with Crippen LogP contribution in [0.1, 0.15) is 0 Å². The normalized spacial score (nSPS) is 11.9. The minimum Gasteiger partial charge on any atom is -0.278 e. The minimum absolute atomic E-state index is 0.680. The van der Waals surface area contributed by atoms with E-state index in [1.807, 2.05) is 11.3 Å². The predicted molar refractivity (Wildman–Crippen MR) is 218 cm³/mol. The summed E-state index contributed by atoms with van der Waals surface area (Å²) in [4.78, 5) is 11.0. The Bertz CT molecular complexity index is 3080. The smallest absolute Gasteiger partial charge is 0.235 e. The lowest BCUT2D eigenvalue weighted by molar-refractivity contribution is 1.02. The van der Waals surface area contributed by atoms with E-state index in [0.717, 1.165) is 49.0 Å². The summed E-state index contributed by atoms with van der Waals surface area (Å²) >= 11 is 3.61. The molecule has 0 saturated heterocycles. The van der Waals surface area contributed by atoms with Gasteiger partial charge < -0.3 is 0 Å². The first kappa shape index (κ1) is 28.7. The fraction of sp³-hybridized carbons (Fsp3) is 0. The van der Waals surface area contributed by atoms with Crippen LogP contribution < -0.4 is 0 Å². The van der Waals surface area contributed by atoms with Crippen LogP contribution in [0.5, 0.6) is 0 Å². The summed E-state index contributed by atoms with van der Waals surface area (Å²) < 4.78 is 7.14. The Hall–Kier alpha value is -6.14. The maximum Gasteiger partial charge on any atom is 0.235 e. The van der Waals surface area contributed by atoms with Crippen molar-refractivity contribution in [2.24, 2.45) is 0 Å². The highest BCUT2D eigenvalue weighted by molar-refractivity contribution is 7.26. The number of nitrogens with zero attached hydrogens (tertiary/aromatic N) is 3. The molecular weight excluding hydrogens is 659 g/mol. The van der Waals surface area contributed by atoms with Crippen molar-refractivity contribution in [3.8, 4) is 39.5 Å². The predicted octanol–water partition coefficient (Wildman–Crippen LogP) is 13.3. The largest absolute Gasteiger partial charge is 0.278 e. The van der Waals surface area contributed by atoms with Crippen molar-refractivity contribution in [3.05, 3.63) is 164 Å². The van der Waals surface area contributed by atoms with Crippen LogP contribution in [-0.4, -0.2) is 14.5 Å². The van der Waals surface area contributed by atoms with Gasteiger partial charge in [0.25, 0.3) is 0 Å². The number of hydrogen-bond donors (Lipinski definition) is 0. The zero-order valence-corrected chi connectivity index (χ0v) is 28.9. The van der Waals surface area contributed by atoms with Crippen LogP contribution in [0, 0.1) is 0 Å². The minimum atomic E-state index is 0.680. The van der Waals surface area contributed by atoms with Crippen molar-refractivity contribution in [2.75, 3.05) is 0 Å². The van der Waals surface area contributed by atoms with Crippen molar-refractivity contribution in [1.29, 1.82) is 0 Å². The van der Waals surface area contributed by atoms with Gasteiger partial charge in [-0.05, 0) is 70.8 Å². The van der Waals surface area contributed by atoms with Crippen LogP contribution in [0.15, 0.2) is 164 Å². The molecular formula is C46H27N3S2. The molecule has 11 aromatic rings. The van der Waals surface area contributed by atoms with Crippen molar-refractivity contribution in [1.82, 2.24) is 14.5 Å². The van der Waals surface area contributed by atoms with Gasteiger partial charge in [0.1, 0.15) is 0 Å². The third-order valence-corrected chi connectivity index (χ3v) is 12.3. The Morgan fingerprint density at radius 2 is 0.961 bits per heavy atom. The average molecular weight is 686 g/mol. The molecule has 4 heterocycles. The molecule has 0 unspecified atom stereocenters. The van der Waals surface area contributed by atoms with Gasteiger partial charge in [0.05, 0.1) is 26.9 Å². The molecule has 238 valence electrons. The van der Waals surface area contributed by atoms with Gasteiger partial charge >= 0.3 is 0 Å². The topological polar surface area (TPSA) is 30.7 Å². The quantitative estimate of drug-likeness (QED) is 0.185. The molecule has 0 aliphatic rings. The van der Waals surface area contributed by atoms with Crippen LogP contribution in [0.4, 0.5) is 0 Å². The molecule has 3 nitrogen and oxygen atoms in total. The third kappa shape index (κ3) is 4.49. The van der Waals surface area contributed by atoms with Crippen LogP contribution in [0.3, 0.4) is 0 Å². The van der Waals surface area contributed by atoms with Gasteiger partial charge in [-0.25, -0.2) is 9.97 Å². The lowest BCUT2D eigenvalue weighted by Crippen LogP contribution is -2.03. The van der Waals surface area contributed by atoms with Gasteiger partial charge in [-0.15, -0.1) is 22.7 Å². The molecule has 0 spiro atoms. The van der Waals surface area contributed by atoms with E-state index in [1.54, 1.807) is 11.3 Å². The summed E-state index contributed by atoms with van der Waals surface area (Å²) in [6, 6.07) is 58.9. The van der Waals surface area contributed by atoms with E-state index in [0.29, 0.717) is 5.95 Å². The van der Waals surface area contributed by atoms with Crippen molar-refractivity contribution >= 4 is 85.0 Å². The van der Waals surface area contributed by atoms with Crippen LogP contribution in [0.2, 0.25) is 0 Å². The first-order chi connectivity index (χ1) is 25.3. The highest BCUT2D eigenvalue weighted by atomic mass is 32.1. The zero-order chi connectivity index (χ0) is 33.5. The second-order valence-corrected chi connectivity index (χ2v) is 15.1. The maximum absolute atomic E-state index is 5.57. The molecule has 0 fully saturated rings. The zero-order valence-electron chi connectivity index (χ0n) is 27.2. The second-order valence-electron chi connectivity index (χ2n) is 13.0. The van der Waals surface area contributed by atoms with Gasteiger partial charge in [0.2, 0.25) is 5.95 Å². The fourth-order valence-corrected chi connectivity index (χ4v) is 9.91. The lowest BCUT2D eigenvalue weighted by atomic mass is 9.95. The van der Waals surface area contributed by atoms with Crippen molar-refractivity contribution < 1.29 is 0 Å². The van der Waals surface area contributed by atoms with E-state index in [1.165, 1.54) is 46.8 Å². The molecule has 0 radical (unpaired) electrons. The fourth-order valence-electron chi connectivity index (χ4n) is 7.64. The molecule has 0 N–H and O–H groups in total. The summed E-state index contributed by atoms with van der Waals surface area (Å²) in [7, 11) is 0. The Labute approximate surface area is 301 Å². The van der Waals surface area contributed by atoms with E-state index in [-0.39, 0.29) is 0 Å². The van der Waals surface area contributed by atoms with E-state index in [9.17, 15) is 0 Å². The highest BCUT2D eigenvalue weighted by Gasteiger charge is 2.22. The summed E-state index contributed by atoms with van der Waals surface area (Å²) in [6.45, 7) is 0. The molecule has 0 aliphatic heterocycles. The first-order valence-electron chi connectivity index (χ1n) is 17.1. The second kappa shape index (κ2) is 11.2. The Balaban J connectivity index is 1.25. The summed E-state index contributed by atoms with van der Waals surface area (Å²) in [5.74, 6) is 0.680. The number of thiophene rings is 2. The molecule has 7 aromatic carbocycles. The van der Waals surface area contributed by atoms with Gasteiger partial charge in [-0.3, -0.25) is 4.57 Å². The van der Waals surface area contributed by atoms with Gasteiger partial charge in [0, 0.05) is 46.6 Å². The molecule has 0 aliphatic carbocycles. The van der Waals surface area contributed by atoms with Gasteiger partial charge in [0.15, 0.2) is 0 Å². The lowest BCUT2D eigenvalue weighted by Gasteiger charge is -2.13. The molecule has 0 amide bonds. The Morgan fingerprint density at radius 1 is 0.373 bits per heavy atom. The van der Waals surface area contributed by atoms with E-state index in [2.05, 4.69) is 168 Å². The van der Waals surface area contributed by atoms with Crippen LogP contribution >= 0.6 is 22.7 Å². The van der Waals surface area contributed by atoms with Gasteiger partial charge in [-0.1, -0.05) is 115 Å². The van der Waals surface area contributed by atoms with Gasteiger partial charge in [-0.2, -0.15) is 0 Å². The molecule has 0 bridgehead atoms. The Kier molecular flexibility index (Phi) is 6.29. The van der Waals surface area contributed by atoms with E-state index >= 15 is 0 Å². The average Bonchev–Trinajstić information content (AvgIpc) is 3.86. The summed E-state index contributed by atoms with van der Waals surface area (Å²) in [5.41, 5.74) is 9.88. The highest BCUT2D eigenvalue weighted by Crippen LogP contribution is 2.43. The number of rotatable bonds is 4. The number of benzene rings is 7. The molecule has 4 aromatic heterocycles. The van der Waals surface area contributed by atoms with E-state index < -0.39 is 0 Å². The molecule has 0 atom stereocenters. The number of fused-ring (bicyclic) bond motifs is 9. The molecule has 51 heavy (non-hydrogen) atoms. The maximum atomic E-state index is 5.57. The third-order valence-electron chi connectivity index (χ3n) is 10.00. The van der Waals surface area contributed by atoms with Crippen molar-refractivity contribution in [3.63, 3.8) is 0 Å². The molecule has 11 rings (SSSR count). The number of para-hydroxylation sites is 1. The van der Waals surface area contributed by atoms with Crippen LogP contribution in [0.25, 0.3) is 102 Å². The molecule has 5 heteroatoms. The number of hydrogen-bond acceptors (Lipinski definition) is 4. The number of aromatic nitrogens is 3. The van der Waals surface area contributed by atoms with Crippen molar-refractivity contribution in [2.45, 2.75) is 0 Å².